The van der Waals surface area contributed by atoms with Gasteiger partial charge >= 0.3 is 6.09 Å². The van der Waals surface area contributed by atoms with E-state index in [1.54, 1.807) is 0 Å². The molecule has 1 atom stereocenters. The largest absolute Gasteiger partial charge is 0.494 e. The molecule has 1 rings (SSSR count). The molecule has 0 saturated carbocycles. The fraction of sp³-hybridized carbons (Fsp3) is 0.562. The van der Waals surface area contributed by atoms with Crippen molar-refractivity contribution < 1.29 is 19.7 Å². The summed E-state index contributed by atoms with van der Waals surface area (Å²) in [6.45, 7) is 7.78. The van der Waals surface area contributed by atoms with Crippen LogP contribution in [-0.2, 0) is 6.42 Å². The Kier molecular flexibility index (Phi) is 6.03. The zero-order chi connectivity index (χ0) is 16.0. The van der Waals surface area contributed by atoms with Gasteiger partial charge in [0.25, 0.3) is 0 Å². The van der Waals surface area contributed by atoms with Crippen molar-refractivity contribution in [3.05, 3.63) is 29.8 Å². The molecule has 0 heterocycles. The summed E-state index contributed by atoms with van der Waals surface area (Å²) in [5, 5.41) is 19.0. The summed E-state index contributed by atoms with van der Waals surface area (Å²) in [4.78, 5) is 12.8. The molecule has 21 heavy (non-hydrogen) atoms. The molecule has 0 spiro atoms. The molecule has 0 aliphatic heterocycles. The summed E-state index contributed by atoms with van der Waals surface area (Å²) in [5.74, 6) is 0.785. The van der Waals surface area contributed by atoms with Gasteiger partial charge in [0, 0.05) is 5.54 Å². The van der Waals surface area contributed by atoms with Gasteiger partial charge in [0.15, 0.2) is 0 Å². The molecule has 0 bridgehead atoms. The van der Waals surface area contributed by atoms with Gasteiger partial charge in [-0.2, -0.15) is 0 Å². The highest BCUT2D eigenvalue weighted by Crippen LogP contribution is 2.21. The minimum absolute atomic E-state index is 0.212. The van der Waals surface area contributed by atoms with E-state index in [0.29, 0.717) is 13.0 Å². The van der Waals surface area contributed by atoms with Gasteiger partial charge in [-0.25, -0.2) is 4.79 Å². The number of rotatable bonds is 6. The van der Waals surface area contributed by atoms with Gasteiger partial charge < -0.3 is 14.9 Å². The minimum Gasteiger partial charge on any atom is -0.494 e. The number of hydrogen-bond acceptors (Lipinski definition) is 3. The number of amides is 1. The van der Waals surface area contributed by atoms with E-state index in [1.165, 1.54) is 4.90 Å². The monoisotopic (exact) mass is 295 g/mol. The van der Waals surface area contributed by atoms with Crippen molar-refractivity contribution in [2.24, 2.45) is 0 Å². The quantitative estimate of drug-likeness (QED) is 0.846. The number of carbonyl (C=O) groups is 1. The summed E-state index contributed by atoms with van der Waals surface area (Å²) >= 11 is 0. The number of nitrogens with zero attached hydrogens (tertiary/aromatic N) is 1. The normalized spacial score (nSPS) is 12.8. The third kappa shape index (κ3) is 4.93. The van der Waals surface area contributed by atoms with Gasteiger partial charge in [-0.05, 0) is 51.8 Å². The van der Waals surface area contributed by atoms with Crippen LogP contribution in [0.2, 0.25) is 0 Å². The lowest BCUT2D eigenvalue weighted by Crippen LogP contribution is -2.53. The zero-order valence-electron chi connectivity index (χ0n) is 13.2. The predicted octanol–water partition coefficient (Wildman–Crippen LogP) is 2.77. The molecule has 118 valence electrons. The topological polar surface area (TPSA) is 70.0 Å². The van der Waals surface area contributed by atoms with E-state index >= 15 is 0 Å². The first kappa shape index (κ1) is 17.3. The predicted molar refractivity (Wildman–Crippen MR) is 81.8 cm³/mol. The number of aliphatic hydroxyl groups is 1. The van der Waals surface area contributed by atoms with Crippen molar-refractivity contribution in [2.75, 3.05) is 13.2 Å². The summed E-state index contributed by atoms with van der Waals surface area (Å²) in [6.07, 6.45) is -0.556. The number of aliphatic hydroxyl groups excluding tert-OH is 1. The second-order valence-electron chi connectivity index (χ2n) is 5.94. The van der Waals surface area contributed by atoms with Gasteiger partial charge in [-0.1, -0.05) is 12.1 Å². The lowest BCUT2D eigenvalue weighted by Gasteiger charge is -2.39. The Morgan fingerprint density at radius 3 is 2.24 bits per heavy atom. The van der Waals surface area contributed by atoms with Gasteiger partial charge in [-0.3, -0.25) is 4.90 Å². The Bertz CT molecular complexity index is 450. The number of ether oxygens (including phenoxy) is 1. The van der Waals surface area contributed by atoms with Crippen LogP contribution >= 0.6 is 0 Å². The fourth-order valence-electron chi connectivity index (χ4n) is 2.39. The van der Waals surface area contributed by atoms with Crippen molar-refractivity contribution in [1.29, 1.82) is 0 Å². The van der Waals surface area contributed by atoms with E-state index in [-0.39, 0.29) is 6.61 Å². The Morgan fingerprint density at radius 2 is 1.86 bits per heavy atom. The third-order valence-corrected chi connectivity index (χ3v) is 3.21. The molecule has 0 saturated heterocycles. The maximum atomic E-state index is 11.5. The van der Waals surface area contributed by atoms with Crippen LogP contribution in [0.25, 0.3) is 0 Å². The Labute approximate surface area is 126 Å². The highest BCUT2D eigenvalue weighted by Gasteiger charge is 2.32. The minimum atomic E-state index is -1.02. The zero-order valence-corrected chi connectivity index (χ0v) is 13.2. The highest BCUT2D eigenvalue weighted by molar-refractivity contribution is 5.66. The van der Waals surface area contributed by atoms with E-state index < -0.39 is 17.7 Å². The van der Waals surface area contributed by atoms with Gasteiger partial charge in [0.05, 0.1) is 19.3 Å². The van der Waals surface area contributed by atoms with Crippen LogP contribution < -0.4 is 4.74 Å². The van der Waals surface area contributed by atoms with E-state index in [1.807, 2.05) is 52.0 Å². The van der Waals surface area contributed by atoms with Crippen LogP contribution in [0.3, 0.4) is 0 Å². The molecule has 2 N–H and O–H groups in total. The Morgan fingerprint density at radius 1 is 1.29 bits per heavy atom. The van der Waals surface area contributed by atoms with E-state index in [4.69, 9.17) is 4.74 Å². The first-order valence-corrected chi connectivity index (χ1v) is 7.14. The Hall–Kier alpha value is -1.75. The first-order valence-electron chi connectivity index (χ1n) is 7.14. The molecule has 0 aromatic heterocycles. The molecule has 0 aliphatic rings. The highest BCUT2D eigenvalue weighted by atomic mass is 16.5. The molecular weight excluding hydrogens is 270 g/mol. The fourth-order valence-corrected chi connectivity index (χ4v) is 2.39. The van der Waals surface area contributed by atoms with Crippen LogP contribution in [0.1, 0.15) is 33.3 Å². The van der Waals surface area contributed by atoms with Crippen LogP contribution in [0.15, 0.2) is 24.3 Å². The summed E-state index contributed by atoms with van der Waals surface area (Å²) in [6, 6.07) is 7.04. The van der Waals surface area contributed by atoms with Gasteiger partial charge in [0.1, 0.15) is 5.75 Å². The Balaban J connectivity index is 2.87. The van der Waals surface area contributed by atoms with Crippen LogP contribution in [0, 0.1) is 0 Å². The van der Waals surface area contributed by atoms with Gasteiger partial charge in [0.2, 0.25) is 0 Å². The smallest absolute Gasteiger partial charge is 0.408 e. The standard InChI is InChI=1S/C16H25NO4/c1-5-21-14-8-6-12(7-9-14)10-13(11-18)17(15(19)20)16(2,3)4/h6-9,13,18H,5,10-11H2,1-4H3,(H,19,20). The molecule has 1 amide bonds. The second kappa shape index (κ2) is 7.31. The lowest BCUT2D eigenvalue weighted by atomic mass is 9.99. The maximum Gasteiger partial charge on any atom is 0.408 e. The van der Waals surface area contributed by atoms with Crippen molar-refractivity contribution in [2.45, 2.75) is 45.7 Å². The molecular formula is C16H25NO4. The van der Waals surface area contributed by atoms with E-state index in [0.717, 1.165) is 11.3 Å². The van der Waals surface area contributed by atoms with E-state index in [9.17, 15) is 15.0 Å². The third-order valence-electron chi connectivity index (χ3n) is 3.21. The number of carboxylic acid groups (broad SMARTS) is 1. The van der Waals surface area contributed by atoms with Crippen molar-refractivity contribution >= 4 is 6.09 Å². The molecule has 1 aromatic carbocycles. The van der Waals surface area contributed by atoms with E-state index in [2.05, 4.69) is 0 Å². The second-order valence-corrected chi connectivity index (χ2v) is 5.94. The number of benzene rings is 1. The molecule has 5 nitrogen and oxygen atoms in total. The summed E-state index contributed by atoms with van der Waals surface area (Å²) < 4.78 is 5.38. The lowest BCUT2D eigenvalue weighted by molar-refractivity contribution is 0.0465. The van der Waals surface area contributed by atoms with Crippen molar-refractivity contribution in [1.82, 2.24) is 4.90 Å². The molecule has 1 unspecified atom stereocenters. The van der Waals surface area contributed by atoms with Crippen LogP contribution in [-0.4, -0.2) is 46.0 Å². The average molecular weight is 295 g/mol. The molecule has 1 aromatic rings. The average Bonchev–Trinajstić information content (AvgIpc) is 2.38. The summed E-state index contributed by atoms with van der Waals surface area (Å²) in [7, 11) is 0. The van der Waals surface area contributed by atoms with Crippen LogP contribution in [0.5, 0.6) is 5.75 Å². The molecule has 0 aliphatic carbocycles. The van der Waals surface area contributed by atoms with Crippen molar-refractivity contribution in [3.63, 3.8) is 0 Å². The summed E-state index contributed by atoms with van der Waals surface area (Å²) in [5.41, 5.74) is 0.401. The first-order chi connectivity index (χ1) is 9.79. The molecule has 0 fully saturated rings. The molecule has 0 radical (unpaired) electrons. The maximum absolute atomic E-state index is 11.5. The number of hydrogen-bond donors (Lipinski definition) is 2. The van der Waals surface area contributed by atoms with Gasteiger partial charge in [-0.15, -0.1) is 0 Å². The molecule has 5 heteroatoms. The SMILES string of the molecule is CCOc1ccc(CC(CO)N(C(=O)O)C(C)(C)C)cc1. The van der Waals surface area contributed by atoms with Crippen molar-refractivity contribution in [3.8, 4) is 5.75 Å². The van der Waals surface area contributed by atoms with Crippen LogP contribution in [0.4, 0.5) is 4.79 Å².